The number of anilines is 2. The minimum atomic E-state index is -0.911. The summed E-state index contributed by atoms with van der Waals surface area (Å²) >= 11 is 0. The Morgan fingerprint density at radius 1 is 1.02 bits per heavy atom. The van der Waals surface area contributed by atoms with Crippen LogP contribution in [0.4, 0.5) is 16.2 Å². The van der Waals surface area contributed by atoms with Crippen molar-refractivity contribution in [3.05, 3.63) is 89.5 Å². The highest BCUT2D eigenvalue weighted by atomic mass is 16.2. The molecule has 0 aliphatic carbocycles. The van der Waals surface area contributed by atoms with E-state index >= 15 is 0 Å². The van der Waals surface area contributed by atoms with E-state index in [1.807, 2.05) is 76.2 Å². The van der Waals surface area contributed by atoms with Gasteiger partial charge in [0, 0.05) is 28.4 Å². The normalized spacial score (nSPS) is 16.8. The molecule has 2 heterocycles. The van der Waals surface area contributed by atoms with Gasteiger partial charge in [0.1, 0.15) is 12.6 Å². The summed E-state index contributed by atoms with van der Waals surface area (Å²) in [6, 6.07) is 21.4. The molecule has 1 aliphatic heterocycles. The van der Waals surface area contributed by atoms with Gasteiger partial charge in [-0.3, -0.25) is 9.59 Å². The molecule has 2 atom stereocenters. The average molecular weight is 567 g/mol. The number of urea groups is 1. The van der Waals surface area contributed by atoms with E-state index in [0.29, 0.717) is 29.2 Å². The van der Waals surface area contributed by atoms with Crippen molar-refractivity contribution >= 4 is 29.2 Å². The maximum absolute atomic E-state index is 14.2. The lowest BCUT2D eigenvalue weighted by atomic mass is 9.85. The van der Waals surface area contributed by atoms with E-state index in [9.17, 15) is 14.4 Å². The number of nitrogens with zero attached hydrogens (tertiary/aromatic N) is 4. The zero-order valence-corrected chi connectivity index (χ0v) is 24.0. The Kier molecular flexibility index (Phi) is 8.01. The molecule has 0 unspecified atom stereocenters. The van der Waals surface area contributed by atoms with E-state index in [0.717, 1.165) is 16.7 Å². The lowest BCUT2D eigenvalue weighted by Gasteiger charge is -2.28. The third-order valence-electron chi connectivity index (χ3n) is 6.94. The number of fused-ring (bicyclic) bond motifs is 1. The summed E-state index contributed by atoms with van der Waals surface area (Å²) in [6.07, 6.45) is 0.312. The van der Waals surface area contributed by atoms with Crippen molar-refractivity contribution in [2.45, 2.75) is 51.6 Å². The number of hydrogen-bond acceptors (Lipinski definition) is 6. The van der Waals surface area contributed by atoms with Gasteiger partial charge in [0.05, 0.1) is 0 Å². The van der Waals surface area contributed by atoms with E-state index in [2.05, 4.69) is 36.6 Å². The Bertz CT molecular complexity index is 1580. The maximum atomic E-state index is 14.2. The first-order chi connectivity index (χ1) is 20.1. The smallest absolute Gasteiger partial charge is 0.319 e. The fourth-order valence-electron chi connectivity index (χ4n) is 5.18. The number of hydrogen-bond donors (Lipinski definition) is 4. The second kappa shape index (κ2) is 11.8. The van der Waals surface area contributed by atoms with E-state index in [1.54, 1.807) is 24.3 Å². The summed E-state index contributed by atoms with van der Waals surface area (Å²) in [5.41, 5.74) is 4.24. The number of carbonyl (C=O) groups is 3. The molecule has 3 aromatic carbocycles. The van der Waals surface area contributed by atoms with Crippen LogP contribution in [0.15, 0.2) is 72.8 Å². The lowest BCUT2D eigenvalue weighted by Crippen LogP contribution is -2.53. The fourth-order valence-corrected chi connectivity index (χ4v) is 5.18. The molecular formula is C31H34N8O3. The number of aromatic amines is 1. The van der Waals surface area contributed by atoms with Gasteiger partial charge < -0.3 is 20.9 Å². The Labute approximate surface area is 244 Å². The molecule has 0 saturated carbocycles. The third-order valence-corrected chi connectivity index (χ3v) is 6.94. The van der Waals surface area contributed by atoms with Gasteiger partial charge in [-0.25, -0.2) is 4.79 Å². The summed E-state index contributed by atoms with van der Waals surface area (Å²) in [6.45, 7) is 7.44. The summed E-state index contributed by atoms with van der Waals surface area (Å²) in [4.78, 5) is 42.1. The minimum absolute atomic E-state index is 0.180. The molecular weight excluding hydrogens is 532 g/mol. The van der Waals surface area contributed by atoms with Crippen LogP contribution in [0.3, 0.4) is 0 Å². The van der Waals surface area contributed by atoms with Crippen LogP contribution < -0.4 is 20.9 Å². The Morgan fingerprint density at radius 2 is 1.81 bits per heavy atom. The molecule has 4 aromatic rings. The molecule has 1 aromatic heterocycles. The number of aryl methyl sites for hydroxylation is 1. The highest BCUT2D eigenvalue weighted by molar-refractivity contribution is 6.05. The van der Waals surface area contributed by atoms with Crippen LogP contribution in [0.25, 0.3) is 11.4 Å². The molecule has 4 amide bonds. The SMILES string of the molecule is Cc1ccc2c(c1)N(CC(=O)NC(C)(C)C)C(=O)[C@H](NC(=O)Nc1cccc(-c3nn[nH]n3)c1)C[C@@H]2c1ccccc1. The van der Waals surface area contributed by atoms with Crippen molar-refractivity contribution in [2.24, 2.45) is 0 Å². The molecule has 0 saturated heterocycles. The molecule has 0 spiro atoms. The quantitative estimate of drug-likeness (QED) is 0.276. The van der Waals surface area contributed by atoms with Gasteiger partial charge in [-0.1, -0.05) is 54.6 Å². The zero-order valence-electron chi connectivity index (χ0n) is 24.0. The first-order valence-corrected chi connectivity index (χ1v) is 13.8. The van der Waals surface area contributed by atoms with E-state index in [-0.39, 0.29) is 24.3 Å². The van der Waals surface area contributed by atoms with Gasteiger partial charge in [0.25, 0.3) is 0 Å². The standard InChI is InChI=1S/C31H34N8O3/c1-19-13-14-23-24(20-9-6-5-7-10-20)17-25(29(41)39(26(23)15-19)18-27(40)34-31(2,3)4)33-30(42)32-22-12-8-11-21(16-22)28-35-37-38-36-28/h5-16,24-25H,17-18H2,1-4H3,(H,34,40)(H2,32,33,42)(H,35,36,37,38)/t24-,25-/m1/s1. The number of aromatic nitrogens is 4. The van der Waals surface area contributed by atoms with Gasteiger partial charge in [-0.15, -0.1) is 10.2 Å². The van der Waals surface area contributed by atoms with Gasteiger partial charge in [0.15, 0.2) is 0 Å². The van der Waals surface area contributed by atoms with Crippen molar-refractivity contribution in [1.82, 2.24) is 31.3 Å². The molecule has 11 nitrogen and oxygen atoms in total. The zero-order chi connectivity index (χ0) is 29.9. The molecule has 216 valence electrons. The predicted octanol–water partition coefficient (Wildman–Crippen LogP) is 4.15. The van der Waals surface area contributed by atoms with Gasteiger partial charge >= 0.3 is 6.03 Å². The van der Waals surface area contributed by atoms with E-state index in [1.165, 1.54) is 4.90 Å². The number of H-pyrrole nitrogens is 1. The predicted molar refractivity (Wildman–Crippen MR) is 160 cm³/mol. The van der Waals surface area contributed by atoms with Gasteiger partial charge in [0.2, 0.25) is 17.6 Å². The van der Waals surface area contributed by atoms with Crippen LogP contribution in [-0.2, 0) is 9.59 Å². The second-order valence-electron chi connectivity index (χ2n) is 11.5. The van der Waals surface area contributed by atoms with Gasteiger partial charge in [-0.05, 0) is 74.2 Å². The topological polar surface area (TPSA) is 145 Å². The number of rotatable bonds is 6. The summed E-state index contributed by atoms with van der Waals surface area (Å²) < 4.78 is 0. The number of tetrazole rings is 1. The minimum Gasteiger partial charge on any atom is -0.350 e. The van der Waals surface area contributed by atoms with Gasteiger partial charge in [-0.2, -0.15) is 5.21 Å². The monoisotopic (exact) mass is 566 g/mol. The molecule has 1 aliphatic rings. The third kappa shape index (κ3) is 6.63. The Hall–Kier alpha value is -5.06. The molecule has 0 bridgehead atoms. The van der Waals surface area contributed by atoms with Crippen LogP contribution in [0, 0.1) is 6.92 Å². The first-order valence-electron chi connectivity index (χ1n) is 13.8. The van der Waals surface area contributed by atoms with Crippen LogP contribution >= 0.6 is 0 Å². The Balaban J connectivity index is 1.47. The Morgan fingerprint density at radius 3 is 2.52 bits per heavy atom. The number of nitrogens with one attached hydrogen (secondary N) is 4. The molecule has 5 rings (SSSR count). The van der Waals surface area contributed by atoms with Crippen molar-refractivity contribution in [1.29, 1.82) is 0 Å². The highest BCUT2D eigenvalue weighted by Crippen LogP contribution is 2.39. The van der Waals surface area contributed by atoms with Crippen LogP contribution in [0.2, 0.25) is 0 Å². The van der Waals surface area contributed by atoms with Crippen molar-refractivity contribution in [3.8, 4) is 11.4 Å². The number of carbonyl (C=O) groups excluding carboxylic acids is 3. The average Bonchev–Trinajstić information content (AvgIpc) is 3.46. The van der Waals surface area contributed by atoms with E-state index < -0.39 is 17.6 Å². The van der Waals surface area contributed by atoms with Crippen LogP contribution in [0.1, 0.15) is 49.8 Å². The van der Waals surface area contributed by atoms with Crippen molar-refractivity contribution in [2.75, 3.05) is 16.8 Å². The molecule has 0 fully saturated rings. The largest absolute Gasteiger partial charge is 0.350 e. The summed E-state index contributed by atoms with van der Waals surface area (Å²) in [5, 5.41) is 22.6. The van der Waals surface area contributed by atoms with Crippen molar-refractivity contribution < 1.29 is 14.4 Å². The van der Waals surface area contributed by atoms with Crippen LogP contribution in [-0.4, -0.2) is 56.6 Å². The van der Waals surface area contributed by atoms with E-state index in [4.69, 9.17) is 0 Å². The fraction of sp³-hybridized carbons (Fsp3) is 0.290. The van der Waals surface area contributed by atoms with Crippen LogP contribution in [0.5, 0.6) is 0 Å². The molecule has 0 radical (unpaired) electrons. The highest BCUT2D eigenvalue weighted by Gasteiger charge is 2.37. The number of benzene rings is 3. The summed E-state index contributed by atoms with van der Waals surface area (Å²) in [7, 11) is 0. The molecule has 4 N–H and O–H groups in total. The first kappa shape index (κ1) is 28.5. The second-order valence-corrected chi connectivity index (χ2v) is 11.5. The molecule has 11 heteroatoms. The maximum Gasteiger partial charge on any atom is 0.319 e. The summed E-state index contributed by atoms with van der Waals surface area (Å²) in [5.74, 6) is -0.461. The number of amides is 4. The molecule has 42 heavy (non-hydrogen) atoms. The van der Waals surface area contributed by atoms with Crippen molar-refractivity contribution in [3.63, 3.8) is 0 Å². The lowest BCUT2D eigenvalue weighted by molar-refractivity contribution is -0.125.